The van der Waals surface area contributed by atoms with Crippen LogP contribution in [0.25, 0.3) is 5.82 Å². The normalized spacial score (nSPS) is 19.8. The highest BCUT2D eigenvalue weighted by atomic mass is 32.2. The van der Waals surface area contributed by atoms with E-state index in [1.165, 1.54) is 18.2 Å². The number of rotatable bonds is 8. The van der Waals surface area contributed by atoms with Crippen LogP contribution in [-0.2, 0) is 10.0 Å². The highest BCUT2D eigenvalue weighted by Gasteiger charge is 2.40. The fourth-order valence-electron chi connectivity index (χ4n) is 4.92. The van der Waals surface area contributed by atoms with Crippen LogP contribution in [0.4, 0.5) is 10.2 Å². The van der Waals surface area contributed by atoms with E-state index >= 15 is 0 Å². The number of amides is 1. The van der Waals surface area contributed by atoms with Crippen molar-refractivity contribution >= 4 is 21.7 Å². The van der Waals surface area contributed by atoms with E-state index in [-0.39, 0.29) is 16.5 Å². The number of sulfonamides is 1. The third-order valence-corrected chi connectivity index (χ3v) is 8.62. The third-order valence-electron chi connectivity index (χ3n) is 7.26. The molecule has 3 aromatic rings. The Morgan fingerprint density at radius 1 is 1.16 bits per heavy atom. The van der Waals surface area contributed by atoms with E-state index in [4.69, 9.17) is 9.72 Å². The quantitative estimate of drug-likeness (QED) is 0.452. The summed E-state index contributed by atoms with van der Waals surface area (Å²) < 4.78 is 49.3. The summed E-state index contributed by atoms with van der Waals surface area (Å²) in [6, 6.07) is 9.80. The molecule has 0 spiro atoms. The zero-order chi connectivity index (χ0) is 27.3. The average Bonchev–Trinajstić information content (AvgIpc) is 3.27. The van der Waals surface area contributed by atoms with E-state index in [9.17, 15) is 17.6 Å². The molecular weight excluding hydrogens is 509 g/mol. The Bertz CT molecular complexity index is 1480. The predicted octanol–water partition coefficient (Wildman–Crippen LogP) is 4.33. The Balaban J connectivity index is 1.48. The van der Waals surface area contributed by atoms with Crippen molar-refractivity contribution in [2.45, 2.75) is 57.4 Å². The number of nitrogens with zero attached hydrogens (tertiary/aromatic N) is 4. The number of nitrogens with one attached hydrogen (secondary N) is 1. The molecule has 5 rings (SSSR count). The second kappa shape index (κ2) is 9.37. The zero-order valence-electron chi connectivity index (χ0n) is 21.9. The van der Waals surface area contributed by atoms with Gasteiger partial charge in [0.1, 0.15) is 16.5 Å². The molecule has 38 heavy (non-hydrogen) atoms. The maximum atomic E-state index is 14.2. The van der Waals surface area contributed by atoms with Crippen LogP contribution in [0.1, 0.15) is 57.3 Å². The smallest absolute Gasteiger partial charge is 0.268 e. The Hall–Kier alpha value is -3.47. The summed E-state index contributed by atoms with van der Waals surface area (Å²) in [6.07, 6.45) is 4.88. The van der Waals surface area contributed by atoms with Gasteiger partial charge in [-0.3, -0.25) is 4.79 Å². The topological polar surface area (TPSA) is 106 Å². The Labute approximate surface area is 222 Å². The van der Waals surface area contributed by atoms with Crippen LogP contribution in [-0.4, -0.2) is 47.8 Å². The van der Waals surface area contributed by atoms with E-state index in [0.717, 1.165) is 31.4 Å². The van der Waals surface area contributed by atoms with Gasteiger partial charge in [0.25, 0.3) is 15.9 Å². The lowest BCUT2D eigenvalue weighted by Crippen LogP contribution is -2.41. The fraction of sp³-hybridized carbons (Fsp3) is 0.444. The SMILES string of the molecule is C[C@@H]1CN(c2nc(-n3ccc(OCC4(C)CC4)n3)ccc2C(=O)NS(=O)(=O)c2ccccc2F)C(C)(C)C1. The van der Waals surface area contributed by atoms with Crippen LogP contribution in [0.3, 0.4) is 0 Å². The van der Waals surface area contributed by atoms with Crippen molar-refractivity contribution in [3.8, 4) is 11.7 Å². The largest absolute Gasteiger partial charge is 0.476 e. The molecule has 1 saturated heterocycles. The monoisotopic (exact) mass is 541 g/mol. The number of hydrogen-bond donors (Lipinski definition) is 1. The molecule has 0 unspecified atom stereocenters. The van der Waals surface area contributed by atoms with Gasteiger partial charge in [0.15, 0.2) is 5.82 Å². The lowest BCUT2D eigenvalue weighted by Gasteiger charge is -2.34. The summed E-state index contributed by atoms with van der Waals surface area (Å²) in [5.41, 5.74) is -0.0468. The summed E-state index contributed by atoms with van der Waals surface area (Å²) >= 11 is 0. The van der Waals surface area contributed by atoms with Crippen molar-refractivity contribution in [2.75, 3.05) is 18.1 Å². The molecule has 1 aliphatic heterocycles. The number of anilines is 1. The average molecular weight is 542 g/mol. The van der Waals surface area contributed by atoms with E-state index in [0.29, 0.717) is 36.6 Å². The van der Waals surface area contributed by atoms with Gasteiger partial charge in [-0.2, -0.15) is 0 Å². The van der Waals surface area contributed by atoms with E-state index in [1.54, 1.807) is 23.0 Å². The summed E-state index contributed by atoms with van der Waals surface area (Å²) in [4.78, 5) is 19.5. The molecule has 9 nitrogen and oxygen atoms in total. The Morgan fingerprint density at radius 3 is 2.55 bits per heavy atom. The number of carbonyl (C=O) groups excluding carboxylic acids is 1. The summed E-state index contributed by atoms with van der Waals surface area (Å²) in [6.45, 7) is 9.63. The molecule has 0 radical (unpaired) electrons. The van der Waals surface area contributed by atoms with Crippen molar-refractivity contribution in [3.63, 3.8) is 0 Å². The van der Waals surface area contributed by atoms with Crippen molar-refractivity contribution in [2.24, 2.45) is 11.3 Å². The van der Waals surface area contributed by atoms with Gasteiger partial charge in [-0.15, -0.1) is 5.10 Å². The van der Waals surface area contributed by atoms with Crippen LogP contribution in [0, 0.1) is 17.2 Å². The lowest BCUT2D eigenvalue weighted by molar-refractivity contribution is 0.0981. The van der Waals surface area contributed by atoms with Crippen LogP contribution in [0.15, 0.2) is 53.6 Å². The molecular formula is C27H32FN5O4S. The minimum absolute atomic E-state index is 0.0705. The Kier molecular flexibility index (Phi) is 6.45. The number of ether oxygens (including phenoxy) is 1. The molecule has 202 valence electrons. The molecule has 1 aromatic carbocycles. The molecule has 3 heterocycles. The van der Waals surface area contributed by atoms with Crippen molar-refractivity contribution in [1.29, 1.82) is 0 Å². The first-order valence-electron chi connectivity index (χ1n) is 12.7. The number of carbonyl (C=O) groups is 1. The van der Waals surface area contributed by atoms with Crippen LogP contribution in [0.2, 0.25) is 0 Å². The highest BCUT2D eigenvalue weighted by Crippen LogP contribution is 2.45. The molecule has 1 saturated carbocycles. The first-order chi connectivity index (χ1) is 17.9. The first-order valence-corrected chi connectivity index (χ1v) is 14.1. The molecule has 1 atom stereocenters. The minimum atomic E-state index is -4.45. The maximum absolute atomic E-state index is 14.2. The molecule has 1 amide bonds. The highest BCUT2D eigenvalue weighted by molar-refractivity contribution is 7.90. The maximum Gasteiger partial charge on any atom is 0.268 e. The number of halogens is 1. The van der Waals surface area contributed by atoms with Gasteiger partial charge in [-0.1, -0.05) is 26.0 Å². The van der Waals surface area contributed by atoms with Crippen molar-refractivity contribution in [1.82, 2.24) is 19.5 Å². The number of aromatic nitrogens is 3. The van der Waals surface area contributed by atoms with Crippen LogP contribution < -0.4 is 14.4 Å². The van der Waals surface area contributed by atoms with E-state index in [2.05, 4.69) is 32.8 Å². The second-order valence-electron chi connectivity index (χ2n) is 11.3. The standard InChI is InChI=1S/C27H32FN5O4S/c1-18-15-26(2,3)32(16-18)24-19(25(34)31-38(35,36)21-8-6-5-7-20(21)28)9-10-22(29-24)33-14-11-23(30-33)37-17-27(4)12-13-27/h5-11,14,18H,12-13,15-17H2,1-4H3,(H,31,34)/t18-/m0/s1. The minimum Gasteiger partial charge on any atom is -0.476 e. The third kappa shape index (κ3) is 5.24. The molecule has 1 aliphatic carbocycles. The van der Waals surface area contributed by atoms with Gasteiger partial charge in [-0.05, 0) is 63.3 Å². The second-order valence-corrected chi connectivity index (χ2v) is 13.0. The molecule has 1 N–H and O–H groups in total. The number of hydrogen-bond acceptors (Lipinski definition) is 7. The predicted molar refractivity (Wildman–Crippen MR) is 140 cm³/mol. The summed E-state index contributed by atoms with van der Waals surface area (Å²) in [5, 5.41) is 4.49. The van der Waals surface area contributed by atoms with Gasteiger partial charge < -0.3 is 9.64 Å². The molecule has 0 bridgehead atoms. The van der Waals surface area contributed by atoms with Crippen molar-refractivity contribution in [3.05, 3.63) is 60.0 Å². The molecule has 2 aromatic heterocycles. The lowest BCUT2D eigenvalue weighted by atomic mass is 9.97. The molecule has 11 heteroatoms. The van der Waals surface area contributed by atoms with Gasteiger partial charge in [0.2, 0.25) is 5.88 Å². The number of pyridine rings is 1. The number of benzene rings is 1. The first kappa shape index (κ1) is 26.1. The molecule has 2 fully saturated rings. The Morgan fingerprint density at radius 2 is 1.89 bits per heavy atom. The fourth-order valence-corrected chi connectivity index (χ4v) is 5.97. The zero-order valence-corrected chi connectivity index (χ0v) is 22.8. The van der Waals surface area contributed by atoms with Crippen LogP contribution in [0.5, 0.6) is 5.88 Å². The van der Waals surface area contributed by atoms with Crippen molar-refractivity contribution < 1.29 is 22.3 Å². The van der Waals surface area contributed by atoms with Gasteiger partial charge >= 0.3 is 0 Å². The van der Waals surface area contributed by atoms with E-state index < -0.39 is 26.6 Å². The summed E-state index contributed by atoms with van der Waals surface area (Å²) in [5.74, 6) is -0.225. The van der Waals surface area contributed by atoms with Crippen LogP contribution >= 0.6 is 0 Å². The molecule has 2 aliphatic rings. The van der Waals surface area contributed by atoms with E-state index in [1.807, 2.05) is 9.62 Å². The van der Waals surface area contributed by atoms with Gasteiger partial charge in [0, 0.05) is 29.8 Å². The summed E-state index contributed by atoms with van der Waals surface area (Å²) in [7, 11) is -4.45. The van der Waals surface area contributed by atoms with Gasteiger partial charge in [0.05, 0.1) is 12.2 Å². The van der Waals surface area contributed by atoms with Gasteiger partial charge in [-0.25, -0.2) is 27.2 Å².